The fraction of sp³-hybridized carbons (Fsp3) is 0.343. The molecule has 7 nitrogen and oxygen atoms in total. The first kappa shape index (κ1) is 30.3. The molecule has 0 bridgehead atoms. The molecular weight excluding hydrogens is 611 g/mol. The number of nitrogens with zero attached hydrogens (tertiary/aromatic N) is 4. The van der Waals surface area contributed by atoms with Gasteiger partial charge in [-0.15, -0.1) is 0 Å². The van der Waals surface area contributed by atoms with E-state index in [-0.39, 0.29) is 23.7 Å². The Morgan fingerprint density at radius 2 is 1.65 bits per heavy atom. The Hall–Kier alpha value is -4.38. The quantitative estimate of drug-likeness (QED) is 0.252. The van der Waals surface area contributed by atoms with Crippen LogP contribution in [-0.2, 0) is 15.8 Å². The standard InChI is InChI=1S/C35H34F3N5O2S/c1-34(2)19-26-31(28(44)20-34)32(22-11-13-23(14-12-22)35(36,37)38)43(27-9-5-4-8-25(27)39-26)21-30(45)41-15-17-42(18-16-41)33-24-7-3-6-10-29(24)46-40-33/h3-14,32,39H,15-21H2,1-2H3. The minimum atomic E-state index is -4.49. The number of allylic oxidation sites excluding steroid dienone is 1. The van der Waals surface area contributed by atoms with E-state index in [0.717, 1.165) is 39.4 Å². The number of halogens is 3. The molecule has 3 aliphatic rings. The number of hydrogen-bond acceptors (Lipinski definition) is 7. The van der Waals surface area contributed by atoms with Crippen LogP contribution in [0.25, 0.3) is 10.1 Å². The van der Waals surface area contributed by atoms with Crippen molar-refractivity contribution in [2.75, 3.05) is 47.8 Å². The summed E-state index contributed by atoms with van der Waals surface area (Å²) in [7, 11) is 0. The molecule has 4 aromatic rings. The zero-order chi connectivity index (χ0) is 32.2. The number of amides is 1. The summed E-state index contributed by atoms with van der Waals surface area (Å²) < 4.78 is 46.4. The fourth-order valence-electron chi connectivity index (χ4n) is 6.94. The molecule has 1 fully saturated rings. The van der Waals surface area contributed by atoms with Gasteiger partial charge in [0.25, 0.3) is 0 Å². The molecule has 46 heavy (non-hydrogen) atoms. The maximum atomic E-state index is 14.1. The van der Waals surface area contributed by atoms with Crippen LogP contribution in [0.1, 0.15) is 43.9 Å². The van der Waals surface area contributed by atoms with Crippen LogP contribution in [0.4, 0.5) is 30.4 Å². The second-order valence-electron chi connectivity index (χ2n) is 13.0. The fourth-order valence-corrected chi connectivity index (χ4v) is 7.74. The van der Waals surface area contributed by atoms with E-state index in [9.17, 15) is 22.8 Å². The van der Waals surface area contributed by atoms with Crippen LogP contribution in [0.5, 0.6) is 0 Å². The summed E-state index contributed by atoms with van der Waals surface area (Å²) in [4.78, 5) is 33.9. The smallest absolute Gasteiger partial charge is 0.357 e. The molecule has 1 N–H and O–H groups in total. The zero-order valence-corrected chi connectivity index (χ0v) is 26.4. The van der Waals surface area contributed by atoms with E-state index in [4.69, 9.17) is 0 Å². The number of benzene rings is 3. The van der Waals surface area contributed by atoms with Crippen molar-refractivity contribution in [1.29, 1.82) is 0 Å². The number of nitrogens with one attached hydrogen (secondary N) is 1. The number of alkyl halides is 3. The van der Waals surface area contributed by atoms with Gasteiger partial charge < -0.3 is 20.0 Å². The molecule has 1 aromatic heterocycles. The minimum absolute atomic E-state index is 0.0442. The third-order valence-electron chi connectivity index (χ3n) is 9.15. The predicted molar refractivity (Wildman–Crippen MR) is 175 cm³/mol. The predicted octanol–water partition coefficient (Wildman–Crippen LogP) is 7.28. The van der Waals surface area contributed by atoms with Crippen molar-refractivity contribution < 1.29 is 22.8 Å². The van der Waals surface area contributed by atoms with Crippen molar-refractivity contribution in [1.82, 2.24) is 9.27 Å². The minimum Gasteiger partial charge on any atom is -0.357 e. The third-order valence-corrected chi connectivity index (χ3v) is 9.97. The number of carbonyl (C=O) groups is 2. The molecule has 3 heterocycles. The van der Waals surface area contributed by atoms with Crippen molar-refractivity contribution >= 4 is 50.5 Å². The highest BCUT2D eigenvalue weighted by Gasteiger charge is 2.42. The average Bonchev–Trinajstić information content (AvgIpc) is 3.40. The maximum Gasteiger partial charge on any atom is 0.416 e. The number of para-hydroxylation sites is 2. The number of aromatic nitrogens is 1. The van der Waals surface area contributed by atoms with Crippen molar-refractivity contribution in [3.05, 3.63) is 95.2 Å². The summed E-state index contributed by atoms with van der Waals surface area (Å²) in [5.74, 6) is 0.751. The van der Waals surface area contributed by atoms with Crippen molar-refractivity contribution in [2.24, 2.45) is 5.41 Å². The molecule has 3 aromatic carbocycles. The van der Waals surface area contributed by atoms with Crippen molar-refractivity contribution in [2.45, 2.75) is 38.9 Å². The molecule has 1 aliphatic carbocycles. The molecule has 238 valence electrons. The second-order valence-corrected chi connectivity index (χ2v) is 13.8. The number of ketones is 1. The molecular formula is C35H34F3N5O2S. The summed E-state index contributed by atoms with van der Waals surface area (Å²) >= 11 is 1.46. The van der Waals surface area contributed by atoms with Gasteiger partial charge in [0.15, 0.2) is 5.78 Å². The molecule has 0 saturated carbocycles. The van der Waals surface area contributed by atoms with Gasteiger partial charge in [0.05, 0.1) is 34.2 Å². The molecule has 1 saturated heterocycles. The van der Waals surface area contributed by atoms with Crippen LogP contribution in [-0.4, -0.2) is 53.7 Å². The van der Waals surface area contributed by atoms with Crippen molar-refractivity contribution in [3.8, 4) is 0 Å². The Balaban J connectivity index is 1.22. The SMILES string of the molecule is CC1(C)CC(=O)C2=C(C1)Nc1ccccc1N(CC(=O)N1CCN(c3nsc4ccccc34)CC1)C2c1ccc(C(F)(F)F)cc1. The van der Waals surface area contributed by atoms with E-state index < -0.39 is 17.8 Å². The highest BCUT2D eigenvalue weighted by Crippen LogP contribution is 2.48. The van der Waals surface area contributed by atoms with E-state index in [1.807, 2.05) is 60.0 Å². The van der Waals surface area contributed by atoms with Gasteiger partial charge in [-0.25, -0.2) is 0 Å². The van der Waals surface area contributed by atoms with Gasteiger partial charge in [0, 0.05) is 49.3 Å². The highest BCUT2D eigenvalue weighted by molar-refractivity contribution is 7.13. The Labute approximate surface area is 269 Å². The van der Waals surface area contributed by atoms with Crippen LogP contribution in [0, 0.1) is 5.41 Å². The van der Waals surface area contributed by atoms with Gasteiger partial charge in [-0.05, 0) is 65.3 Å². The van der Waals surface area contributed by atoms with Gasteiger partial charge in [-0.1, -0.05) is 50.2 Å². The molecule has 0 radical (unpaired) electrons. The lowest BCUT2D eigenvalue weighted by Gasteiger charge is -2.40. The lowest BCUT2D eigenvalue weighted by Crippen LogP contribution is -2.52. The summed E-state index contributed by atoms with van der Waals surface area (Å²) in [5, 5.41) is 4.60. The van der Waals surface area contributed by atoms with Gasteiger partial charge >= 0.3 is 6.18 Å². The Kier molecular flexibility index (Phi) is 7.54. The summed E-state index contributed by atoms with van der Waals surface area (Å²) in [5.41, 5.74) is 2.19. The highest BCUT2D eigenvalue weighted by atomic mass is 32.1. The number of rotatable bonds is 4. The van der Waals surface area contributed by atoms with E-state index >= 15 is 0 Å². The number of Topliss-reactive ketones (excluding diaryl/α,β-unsaturated/α-hetero) is 1. The lowest BCUT2D eigenvalue weighted by molar-refractivity contribution is -0.137. The summed E-state index contributed by atoms with van der Waals surface area (Å²) in [6.07, 6.45) is -3.60. The van der Waals surface area contributed by atoms with E-state index in [1.54, 1.807) is 0 Å². The van der Waals surface area contributed by atoms with Crippen LogP contribution in [0.3, 0.4) is 0 Å². The Bertz CT molecular complexity index is 1840. The molecule has 7 rings (SSSR count). The normalized spacial score (nSPS) is 19.9. The molecule has 1 amide bonds. The van der Waals surface area contributed by atoms with Crippen LogP contribution < -0.4 is 15.1 Å². The van der Waals surface area contributed by atoms with Crippen molar-refractivity contribution in [3.63, 3.8) is 0 Å². The first-order valence-corrected chi connectivity index (χ1v) is 16.2. The molecule has 1 atom stereocenters. The van der Waals surface area contributed by atoms with Gasteiger partial charge in [0.1, 0.15) is 5.82 Å². The Morgan fingerprint density at radius 1 is 0.957 bits per heavy atom. The third kappa shape index (κ3) is 5.61. The Morgan fingerprint density at radius 3 is 2.39 bits per heavy atom. The number of piperazine rings is 1. The number of fused-ring (bicyclic) bond motifs is 2. The number of hydrogen-bond donors (Lipinski definition) is 1. The second kappa shape index (κ2) is 11.5. The van der Waals surface area contributed by atoms with Crippen LogP contribution >= 0.6 is 11.5 Å². The average molecular weight is 646 g/mol. The summed E-state index contributed by atoms with van der Waals surface area (Å²) in [6.45, 7) is 6.29. The first-order valence-electron chi connectivity index (χ1n) is 15.4. The van der Waals surface area contributed by atoms with E-state index in [1.165, 1.54) is 23.7 Å². The zero-order valence-electron chi connectivity index (χ0n) is 25.6. The molecule has 2 aliphatic heterocycles. The van der Waals surface area contributed by atoms with Gasteiger partial charge in [-0.2, -0.15) is 17.5 Å². The van der Waals surface area contributed by atoms with E-state index in [2.05, 4.69) is 26.7 Å². The van der Waals surface area contributed by atoms with Crippen LogP contribution in [0.15, 0.2) is 84.1 Å². The first-order chi connectivity index (χ1) is 22.0. The largest absolute Gasteiger partial charge is 0.416 e. The van der Waals surface area contributed by atoms with Gasteiger partial charge in [-0.3, -0.25) is 9.59 Å². The van der Waals surface area contributed by atoms with Gasteiger partial charge in [0.2, 0.25) is 5.91 Å². The lowest BCUT2D eigenvalue weighted by atomic mass is 9.73. The molecule has 0 spiro atoms. The monoisotopic (exact) mass is 645 g/mol. The summed E-state index contributed by atoms with van der Waals surface area (Å²) in [6, 6.07) is 19.9. The number of anilines is 3. The van der Waals surface area contributed by atoms with Crippen LogP contribution in [0.2, 0.25) is 0 Å². The molecule has 1 unspecified atom stereocenters. The topological polar surface area (TPSA) is 68.8 Å². The maximum absolute atomic E-state index is 14.1. The number of carbonyl (C=O) groups excluding carboxylic acids is 2. The molecule has 11 heteroatoms. The van der Waals surface area contributed by atoms with E-state index in [0.29, 0.717) is 55.8 Å².